The number of alkyl halides is 3. The van der Waals surface area contributed by atoms with E-state index in [0.717, 1.165) is 24.3 Å². The lowest BCUT2D eigenvalue weighted by Gasteiger charge is -2.37. The van der Waals surface area contributed by atoms with Crippen molar-refractivity contribution >= 4 is 21.6 Å². The number of rotatable bonds is 7. The van der Waals surface area contributed by atoms with Crippen molar-refractivity contribution in [3.8, 4) is 5.75 Å². The highest BCUT2D eigenvalue weighted by Crippen LogP contribution is 2.47. The summed E-state index contributed by atoms with van der Waals surface area (Å²) in [4.78, 5) is 11.8. The second-order valence-corrected chi connectivity index (χ2v) is 9.99. The first-order valence-electron chi connectivity index (χ1n) is 10.6. The van der Waals surface area contributed by atoms with E-state index in [-0.39, 0.29) is 23.4 Å². The molecular formula is C22H22F4N2O6S. The van der Waals surface area contributed by atoms with Crippen molar-refractivity contribution in [2.45, 2.75) is 48.1 Å². The Hall–Kier alpha value is -2.90. The van der Waals surface area contributed by atoms with Crippen LogP contribution in [0.3, 0.4) is 0 Å². The van der Waals surface area contributed by atoms with Gasteiger partial charge in [0.15, 0.2) is 0 Å². The molecule has 2 aliphatic heterocycles. The third-order valence-corrected chi connectivity index (χ3v) is 7.17. The van der Waals surface area contributed by atoms with E-state index in [1.165, 1.54) is 6.07 Å². The van der Waals surface area contributed by atoms with Crippen LogP contribution in [-0.2, 0) is 19.6 Å². The van der Waals surface area contributed by atoms with E-state index in [0.29, 0.717) is 11.3 Å². The van der Waals surface area contributed by atoms with E-state index in [1.807, 2.05) is 0 Å². The molecule has 2 aromatic carbocycles. The largest absolute Gasteiger partial charge is 0.487 e. The molecule has 4 rings (SSSR count). The lowest BCUT2D eigenvalue weighted by atomic mass is 9.84. The number of aliphatic hydroxyl groups is 1. The van der Waals surface area contributed by atoms with Crippen LogP contribution in [0.4, 0.5) is 23.2 Å². The van der Waals surface area contributed by atoms with Gasteiger partial charge in [-0.25, -0.2) is 12.8 Å². The topological polar surface area (TPSA) is 114 Å². The van der Waals surface area contributed by atoms with Crippen molar-refractivity contribution in [1.29, 1.82) is 0 Å². The summed E-state index contributed by atoms with van der Waals surface area (Å²) in [6.07, 6.45) is -6.91. The summed E-state index contributed by atoms with van der Waals surface area (Å²) >= 11 is 0. The third kappa shape index (κ3) is 5.85. The van der Waals surface area contributed by atoms with Crippen LogP contribution in [0.1, 0.15) is 24.3 Å². The molecule has 35 heavy (non-hydrogen) atoms. The fraction of sp³-hybridized carbons (Fsp3) is 0.409. The number of hydrogen-bond donors (Lipinski definition) is 3. The number of hydrogen-bond acceptors (Lipinski definition) is 6. The standard InChI is InChI=1S/C22H22F4N2O6S/c23-12-1-4-15(5-2-12)35(31,32)28-13-3-6-18-16(7-13)17-8-14(33-19(10-29)21(17)34-18)9-20(30)27-11-22(24,25)26/h1-7,14,17,19,21,28-29H,8-11H2,(H,27,30)/t14-,17+,19-,21-/m1/s1. The Morgan fingerprint density at radius 2 is 1.86 bits per heavy atom. The van der Waals surface area contributed by atoms with E-state index in [1.54, 1.807) is 17.4 Å². The summed E-state index contributed by atoms with van der Waals surface area (Å²) in [6.45, 7) is -1.91. The SMILES string of the molecule is O=C(C[C@H]1C[C@H]2c3cc(NS(=O)(=O)c4ccc(F)cc4)ccc3O[C@H]2[C@@H](CO)O1)NCC(F)(F)F. The molecule has 13 heteroatoms. The highest BCUT2D eigenvalue weighted by atomic mass is 32.2. The maximum Gasteiger partial charge on any atom is 0.405 e. The number of ether oxygens (including phenoxy) is 2. The van der Waals surface area contributed by atoms with Crippen LogP contribution < -0.4 is 14.8 Å². The molecule has 190 valence electrons. The minimum atomic E-state index is -4.54. The number of halogens is 4. The van der Waals surface area contributed by atoms with Crippen LogP contribution in [0.25, 0.3) is 0 Å². The molecule has 2 heterocycles. The lowest BCUT2D eigenvalue weighted by Crippen LogP contribution is -2.47. The molecule has 0 aromatic heterocycles. The number of anilines is 1. The van der Waals surface area contributed by atoms with Crippen molar-refractivity contribution < 1.29 is 45.4 Å². The zero-order chi connectivity index (χ0) is 25.4. The Balaban J connectivity index is 1.51. The average molecular weight is 518 g/mol. The van der Waals surface area contributed by atoms with Crippen LogP contribution in [-0.4, -0.2) is 57.1 Å². The minimum Gasteiger partial charge on any atom is -0.487 e. The number of carbonyl (C=O) groups excluding carboxylic acids is 1. The summed E-state index contributed by atoms with van der Waals surface area (Å²) in [7, 11) is -4.00. The normalized spacial score (nSPS) is 23.7. The molecule has 1 fully saturated rings. The molecule has 0 bridgehead atoms. The van der Waals surface area contributed by atoms with E-state index in [2.05, 4.69) is 4.72 Å². The zero-order valence-corrected chi connectivity index (χ0v) is 18.9. The third-order valence-electron chi connectivity index (χ3n) is 5.77. The Bertz CT molecular complexity index is 1190. The Kier molecular flexibility index (Phi) is 6.93. The van der Waals surface area contributed by atoms with Crippen LogP contribution in [0, 0.1) is 5.82 Å². The van der Waals surface area contributed by atoms with Crippen molar-refractivity contribution in [1.82, 2.24) is 5.32 Å². The number of fused-ring (bicyclic) bond motifs is 3. The summed E-state index contributed by atoms with van der Waals surface area (Å²) in [5.74, 6) is -1.38. The summed E-state index contributed by atoms with van der Waals surface area (Å²) in [5, 5.41) is 11.6. The molecule has 1 amide bonds. The molecule has 2 aromatic rings. The van der Waals surface area contributed by atoms with Gasteiger partial charge in [0, 0.05) is 17.2 Å². The predicted octanol–water partition coefficient (Wildman–Crippen LogP) is 2.69. The molecule has 4 atom stereocenters. The smallest absolute Gasteiger partial charge is 0.405 e. The highest BCUT2D eigenvalue weighted by molar-refractivity contribution is 7.92. The molecule has 0 spiro atoms. The highest BCUT2D eigenvalue weighted by Gasteiger charge is 2.46. The maximum atomic E-state index is 13.1. The van der Waals surface area contributed by atoms with Gasteiger partial charge in [0.25, 0.3) is 10.0 Å². The van der Waals surface area contributed by atoms with Gasteiger partial charge in [0.2, 0.25) is 5.91 Å². The molecule has 0 unspecified atom stereocenters. The fourth-order valence-corrected chi connectivity index (χ4v) is 5.31. The van der Waals surface area contributed by atoms with Gasteiger partial charge in [-0.05, 0) is 48.9 Å². The molecule has 0 aliphatic carbocycles. The number of carbonyl (C=O) groups is 1. The van der Waals surface area contributed by atoms with Crippen molar-refractivity contribution in [3.63, 3.8) is 0 Å². The average Bonchev–Trinajstić information content (AvgIpc) is 3.15. The van der Waals surface area contributed by atoms with Gasteiger partial charge in [-0.3, -0.25) is 9.52 Å². The summed E-state index contributed by atoms with van der Waals surface area (Å²) in [5.41, 5.74) is 0.820. The van der Waals surface area contributed by atoms with Gasteiger partial charge in [0.05, 0.1) is 24.0 Å². The number of sulfonamides is 1. The number of nitrogens with one attached hydrogen (secondary N) is 2. The van der Waals surface area contributed by atoms with Gasteiger partial charge in [-0.15, -0.1) is 0 Å². The number of benzene rings is 2. The van der Waals surface area contributed by atoms with E-state index in [9.17, 15) is 35.9 Å². The molecular weight excluding hydrogens is 496 g/mol. The maximum absolute atomic E-state index is 13.1. The Morgan fingerprint density at radius 1 is 1.14 bits per heavy atom. The summed E-state index contributed by atoms with van der Waals surface area (Å²) in [6, 6.07) is 8.90. The monoisotopic (exact) mass is 518 g/mol. The van der Waals surface area contributed by atoms with Gasteiger partial charge in [0.1, 0.15) is 30.3 Å². The first-order valence-corrected chi connectivity index (χ1v) is 12.1. The van der Waals surface area contributed by atoms with Gasteiger partial charge >= 0.3 is 6.18 Å². The Labute approximate surface area is 198 Å². The van der Waals surface area contributed by atoms with Crippen molar-refractivity contribution in [3.05, 3.63) is 53.8 Å². The quantitative estimate of drug-likeness (QED) is 0.486. The summed E-state index contributed by atoms with van der Waals surface area (Å²) < 4.78 is 89.6. The van der Waals surface area contributed by atoms with Crippen LogP contribution in [0.2, 0.25) is 0 Å². The van der Waals surface area contributed by atoms with E-state index >= 15 is 0 Å². The number of amides is 1. The van der Waals surface area contributed by atoms with E-state index < -0.39 is 65.3 Å². The van der Waals surface area contributed by atoms with Gasteiger partial charge in [-0.2, -0.15) is 13.2 Å². The molecule has 8 nitrogen and oxygen atoms in total. The molecule has 2 aliphatic rings. The van der Waals surface area contributed by atoms with Crippen LogP contribution in [0.15, 0.2) is 47.4 Å². The minimum absolute atomic E-state index is 0.134. The van der Waals surface area contributed by atoms with Gasteiger partial charge in [-0.1, -0.05) is 0 Å². The van der Waals surface area contributed by atoms with Crippen LogP contribution >= 0.6 is 0 Å². The molecule has 1 saturated heterocycles. The van der Waals surface area contributed by atoms with E-state index in [4.69, 9.17) is 9.47 Å². The molecule has 0 saturated carbocycles. The number of aliphatic hydroxyl groups excluding tert-OH is 1. The second kappa shape index (κ2) is 9.63. The first kappa shape index (κ1) is 25.2. The van der Waals surface area contributed by atoms with Gasteiger partial charge < -0.3 is 19.9 Å². The predicted molar refractivity (Wildman–Crippen MR) is 115 cm³/mol. The zero-order valence-electron chi connectivity index (χ0n) is 18.1. The fourth-order valence-electron chi connectivity index (χ4n) is 4.26. The van der Waals surface area contributed by atoms with Crippen molar-refractivity contribution in [2.24, 2.45) is 0 Å². The Morgan fingerprint density at radius 3 is 2.51 bits per heavy atom. The van der Waals surface area contributed by atoms with Crippen LogP contribution in [0.5, 0.6) is 5.75 Å². The first-order chi connectivity index (χ1) is 16.4. The lowest BCUT2D eigenvalue weighted by molar-refractivity contribution is -0.149. The van der Waals surface area contributed by atoms with Crippen molar-refractivity contribution in [2.75, 3.05) is 17.9 Å². The molecule has 3 N–H and O–H groups in total. The molecule has 0 radical (unpaired) electrons. The second-order valence-electron chi connectivity index (χ2n) is 8.31.